The van der Waals surface area contributed by atoms with Crippen LogP contribution in [0.15, 0.2) is 35.2 Å². The SMILES string of the molecule is Cc1ccccc1S(=O)CC(=O)c1cc(Cl)sc1Cl. The molecule has 1 heterocycles. The number of benzene rings is 1. The molecule has 0 bridgehead atoms. The van der Waals surface area contributed by atoms with Crippen molar-refractivity contribution in [1.29, 1.82) is 0 Å². The molecule has 0 amide bonds. The van der Waals surface area contributed by atoms with Gasteiger partial charge in [-0.2, -0.15) is 0 Å². The third kappa shape index (κ3) is 3.45. The van der Waals surface area contributed by atoms with E-state index in [2.05, 4.69) is 0 Å². The summed E-state index contributed by atoms with van der Waals surface area (Å²) in [4.78, 5) is 12.7. The van der Waals surface area contributed by atoms with Crippen LogP contribution in [0.3, 0.4) is 0 Å². The van der Waals surface area contributed by atoms with Crippen molar-refractivity contribution in [2.45, 2.75) is 11.8 Å². The second kappa shape index (κ2) is 6.18. The summed E-state index contributed by atoms with van der Waals surface area (Å²) in [5, 5.41) is 0. The van der Waals surface area contributed by atoms with Crippen molar-refractivity contribution in [3.05, 3.63) is 50.1 Å². The number of thiophene rings is 1. The first-order chi connectivity index (χ1) is 8.99. The van der Waals surface area contributed by atoms with Crippen LogP contribution in [0.2, 0.25) is 8.67 Å². The Kier molecular flexibility index (Phi) is 4.79. The largest absolute Gasteiger partial charge is 0.293 e. The van der Waals surface area contributed by atoms with Gasteiger partial charge in [0.2, 0.25) is 0 Å². The number of rotatable bonds is 4. The highest BCUT2D eigenvalue weighted by molar-refractivity contribution is 7.85. The van der Waals surface area contributed by atoms with E-state index in [1.807, 2.05) is 19.1 Å². The van der Waals surface area contributed by atoms with E-state index in [0.29, 0.717) is 19.1 Å². The van der Waals surface area contributed by atoms with Crippen LogP contribution in [0.4, 0.5) is 0 Å². The Hall–Kier alpha value is -0.680. The van der Waals surface area contributed by atoms with Gasteiger partial charge >= 0.3 is 0 Å². The second-order valence-corrected chi connectivity index (χ2v) is 7.62. The van der Waals surface area contributed by atoms with E-state index in [4.69, 9.17) is 23.2 Å². The van der Waals surface area contributed by atoms with Gasteiger partial charge in [-0.3, -0.25) is 9.00 Å². The number of ketones is 1. The lowest BCUT2D eigenvalue weighted by molar-refractivity contribution is 0.102. The molecule has 19 heavy (non-hydrogen) atoms. The Morgan fingerprint density at radius 3 is 2.58 bits per heavy atom. The molecule has 100 valence electrons. The van der Waals surface area contributed by atoms with Gasteiger partial charge in [0.25, 0.3) is 0 Å². The number of aryl methyl sites for hydroxylation is 1. The van der Waals surface area contributed by atoms with Gasteiger partial charge in [0.15, 0.2) is 5.78 Å². The van der Waals surface area contributed by atoms with Gasteiger partial charge in [-0.05, 0) is 24.6 Å². The maximum atomic E-state index is 12.2. The summed E-state index contributed by atoms with van der Waals surface area (Å²) in [6.45, 7) is 1.87. The van der Waals surface area contributed by atoms with Crippen LogP contribution < -0.4 is 0 Å². The number of carbonyl (C=O) groups is 1. The average molecular weight is 333 g/mol. The Morgan fingerprint density at radius 2 is 2.00 bits per heavy atom. The Bertz CT molecular complexity index is 650. The fraction of sp³-hybridized carbons (Fsp3) is 0.154. The molecule has 6 heteroatoms. The van der Waals surface area contributed by atoms with Crippen LogP contribution in [-0.2, 0) is 10.8 Å². The highest BCUT2D eigenvalue weighted by Crippen LogP contribution is 2.31. The quantitative estimate of drug-likeness (QED) is 0.780. The first kappa shape index (κ1) is 14.7. The van der Waals surface area contributed by atoms with Gasteiger partial charge in [0.1, 0.15) is 4.34 Å². The van der Waals surface area contributed by atoms with Gasteiger partial charge < -0.3 is 0 Å². The second-order valence-electron chi connectivity index (χ2n) is 3.92. The minimum atomic E-state index is -1.37. The van der Waals surface area contributed by atoms with Crippen molar-refractivity contribution in [2.75, 3.05) is 5.75 Å². The molecule has 0 fully saturated rings. The molecule has 1 aromatic heterocycles. The molecule has 0 aliphatic heterocycles. The minimum Gasteiger partial charge on any atom is -0.293 e. The van der Waals surface area contributed by atoms with Crippen molar-refractivity contribution in [1.82, 2.24) is 0 Å². The third-order valence-corrected chi connectivity index (χ3v) is 5.52. The maximum Gasteiger partial charge on any atom is 0.178 e. The standard InChI is InChI=1S/C13H10Cl2O2S2/c1-8-4-2-3-5-11(8)19(17)7-10(16)9-6-12(14)18-13(9)15/h2-6H,7H2,1H3. The average Bonchev–Trinajstić information content (AvgIpc) is 2.69. The van der Waals surface area contributed by atoms with E-state index in [0.717, 1.165) is 16.9 Å². The van der Waals surface area contributed by atoms with Crippen molar-refractivity contribution in [3.8, 4) is 0 Å². The van der Waals surface area contributed by atoms with Crippen molar-refractivity contribution in [3.63, 3.8) is 0 Å². The van der Waals surface area contributed by atoms with E-state index >= 15 is 0 Å². The summed E-state index contributed by atoms with van der Waals surface area (Å²) in [6.07, 6.45) is 0. The van der Waals surface area contributed by atoms with E-state index < -0.39 is 10.8 Å². The molecule has 2 nitrogen and oxygen atoms in total. The minimum absolute atomic E-state index is 0.0857. The molecule has 0 aliphatic rings. The predicted octanol–water partition coefficient (Wildman–Crippen LogP) is 4.35. The molecule has 0 radical (unpaired) electrons. The molecule has 0 saturated heterocycles. The first-order valence-electron chi connectivity index (χ1n) is 5.41. The Labute approximate surface area is 127 Å². The first-order valence-corrected chi connectivity index (χ1v) is 8.30. The van der Waals surface area contributed by atoms with Gasteiger partial charge in [0, 0.05) is 10.5 Å². The summed E-state index contributed by atoms with van der Waals surface area (Å²) in [7, 11) is -1.37. The molecular weight excluding hydrogens is 323 g/mol. The van der Waals surface area contributed by atoms with Crippen LogP contribution >= 0.6 is 34.5 Å². The Balaban J connectivity index is 2.18. The number of hydrogen-bond donors (Lipinski definition) is 0. The van der Waals surface area contributed by atoms with Gasteiger partial charge in [-0.25, -0.2) is 0 Å². The smallest absolute Gasteiger partial charge is 0.178 e. The number of halogens is 2. The monoisotopic (exact) mass is 332 g/mol. The van der Waals surface area contributed by atoms with E-state index in [1.165, 1.54) is 6.07 Å². The zero-order valence-electron chi connectivity index (χ0n) is 9.98. The molecule has 2 rings (SSSR count). The number of hydrogen-bond acceptors (Lipinski definition) is 3. The lowest BCUT2D eigenvalue weighted by atomic mass is 10.2. The van der Waals surface area contributed by atoms with Gasteiger partial charge in [-0.15, -0.1) is 11.3 Å². The van der Waals surface area contributed by atoms with E-state index in [1.54, 1.807) is 12.1 Å². The van der Waals surface area contributed by atoms with E-state index in [-0.39, 0.29) is 11.5 Å². The fourth-order valence-corrected chi connectivity index (χ4v) is 4.32. The molecule has 1 unspecified atom stereocenters. The third-order valence-electron chi connectivity index (χ3n) is 2.56. The summed E-state index contributed by atoms with van der Waals surface area (Å²) in [5.41, 5.74) is 1.25. The molecule has 1 atom stereocenters. The van der Waals surface area contributed by atoms with Crippen LogP contribution in [0.1, 0.15) is 15.9 Å². The molecule has 0 spiro atoms. The van der Waals surface area contributed by atoms with Crippen molar-refractivity contribution >= 4 is 51.1 Å². The highest BCUT2D eigenvalue weighted by Gasteiger charge is 2.18. The number of Topliss-reactive ketones (excluding diaryl/α,β-unsaturated/α-hetero) is 1. The molecule has 0 N–H and O–H groups in total. The molecule has 1 aromatic carbocycles. The zero-order chi connectivity index (χ0) is 14.0. The zero-order valence-corrected chi connectivity index (χ0v) is 13.1. The van der Waals surface area contributed by atoms with Gasteiger partial charge in [-0.1, -0.05) is 41.4 Å². The highest BCUT2D eigenvalue weighted by atomic mass is 35.5. The van der Waals surface area contributed by atoms with E-state index in [9.17, 15) is 9.00 Å². The van der Waals surface area contributed by atoms with Crippen LogP contribution in [0.5, 0.6) is 0 Å². The number of carbonyl (C=O) groups excluding carboxylic acids is 1. The lowest BCUT2D eigenvalue weighted by Gasteiger charge is -2.04. The van der Waals surface area contributed by atoms with Crippen molar-refractivity contribution < 1.29 is 9.00 Å². The summed E-state index contributed by atoms with van der Waals surface area (Å²) in [5.74, 6) is -0.341. The topological polar surface area (TPSA) is 34.1 Å². The van der Waals surface area contributed by atoms with Gasteiger partial charge in [0.05, 0.1) is 20.9 Å². The molecule has 0 aliphatic carbocycles. The normalized spacial score (nSPS) is 12.4. The summed E-state index contributed by atoms with van der Waals surface area (Å²) < 4.78 is 13.0. The maximum absolute atomic E-state index is 12.2. The predicted molar refractivity (Wildman–Crippen MR) is 81.1 cm³/mol. The fourth-order valence-electron chi connectivity index (χ4n) is 1.62. The molecule has 2 aromatic rings. The Morgan fingerprint density at radius 1 is 1.32 bits per heavy atom. The molecule has 0 saturated carbocycles. The lowest BCUT2D eigenvalue weighted by Crippen LogP contribution is -2.11. The molecular formula is C13H10Cl2O2S2. The van der Waals surface area contributed by atoms with Crippen LogP contribution in [0.25, 0.3) is 0 Å². The summed E-state index contributed by atoms with van der Waals surface area (Å²) in [6, 6.07) is 8.82. The van der Waals surface area contributed by atoms with Crippen molar-refractivity contribution in [2.24, 2.45) is 0 Å². The summed E-state index contributed by atoms with van der Waals surface area (Å²) >= 11 is 12.8. The van der Waals surface area contributed by atoms with Crippen LogP contribution in [-0.4, -0.2) is 15.7 Å². The van der Waals surface area contributed by atoms with Crippen LogP contribution in [0, 0.1) is 6.92 Å².